The normalized spacial score (nSPS) is 13.5. The van der Waals surface area contributed by atoms with Crippen LogP contribution in [0.15, 0.2) is 47.4 Å². The van der Waals surface area contributed by atoms with Crippen LogP contribution in [-0.4, -0.2) is 34.1 Å². The second-order valence-corrected chi connectivity index (χ2v) is 9.14. The van der Waals surface area contributed by atoms with E-state index in [1.165, 1.54) is 24.3 Å². The highest BCUT2D eigenvalue weighted by Crippen LogP contribution is 2.32. The first kappa shape index (κ1) is 24.8. The highest BCUT2D eigenvalue weighted by Gasteiger charge is 2.30. The predicted octanol–water partition coefficient (Wildman–Crippen LogP) is 4.06. The van der Waals surface area contributed by atoms with Crippen molar-refractivity contribution in [3.63, 3.8) is 0 Å². The molecule has 0 fully saturated rings. The Balaban J connectivity index is 1.34. The number of benzene rings is 2. The maximum absolute atomic E-state index is 12.7. The number of hydrogen-bond acceptors (Lipinski definition) is 6. The van der Waals surface area contributed by atoms with Gasteiger partial charge in [0.15, 0.2) is 11.5 Å². The Hall–Kier alpha value is -2.79. The van der Waals surface area contributed by atoms with E-state index in [4.69, 9.17) is 14.2 Å². The molecule has 0 aromatic heterocycles. The molecule has 0 unspecified atom stereocenters. The van der Waals surface area contributed by atoms with Gasteiger partial charge in [0.25, 0.3) is 0 Å². The highest BCUT2D eigenvalue weighted by molar-refractivity contribution is 7.89. The fraction of sp³-hybridized carbons (Fsp3) is 0.409. The molecule has 7 nitrogen and oxygen atoms in total. The van der Waals surface area contributed by atoms with Gasteiger partial charge in [-0.25, -0.2) is 13.1 Å². The summed E-state index contributed by atoms with van der Waals surface area (Å²) in [5.74, 6) is 0.359. The molecule has 0 atom stereocenters. The number of ether oxygens (including phenoxy) is 3. The molecule has 33 heavy (non-hydrogen) atoms. The summed E-state index contributed by atoms with van der Waals surface area (Å²) in [6.45, 7) is 0.719. The SMILES string of the molecule is O=C(CCCCCNS(=O)(=O)c1ccc2c(c1)OCCO2)OCc1cccc(C(F)(F)F)c1. The average molecular weight is 487 g/mol. The molecule has 2 aromatic carbocycles. The first-order valence-electron chi connectivity index (χ1n) is 10.4. The molecule has 0 spiro atoms. The fourth-order valence-electron chi connectivity index (χ4n) is 3.13. The van der Waals surface area contributed by atoms with E-state index in [9.17, 15) is 26.4 Å². The molecule has 180 valence electrons. The number of alkyl halides is 3. The maximum Gasteiger partial charge on any atom is 0.416 e. The largest absolute Gasteiger partial charge is 0.486 e. The lowest BCUT2D eigenvalue weighted by Gasteiger charge is -2.18. The summed E-state index contributed by atoms with van der Waals surface area (Å²) in [6, 6.07) is 9.02. The summed E-state index contributed by atoms with van der Waals surface area (Å²) in [5, 5.41) is 0. The number of hydrogen-bond donors (Lipinski definition) is 1. The lowest BCUT2D eigenvalue weighted by Crippen LogP contribution is -2.25. The predicted molar refractivity (Wildman–Crippen MR) is 112 cm³/mol. The van der Waals surface area contributed by atoms with Gasteiger partial charge in [0.2, 0.25) is 10.0 Å². The van der Waals surface area contributed by atoms with Gasteiger partial charge in [-0.15, -0.1) is 0 Å². The highest BCUT2D eigenvalue weighted by atomic mass is 32.2. The Morgan fingerprint density at radius 1 is 1.00 bits per heavy atom. The number of nitrogens with one attached hydrogen (secondary N) is 1. The Kier molecular flexibility index (Phi) is 8.20. The maximum atomic E-state index is 12.7. The minimum atomic E-state index is -4.45. The van der Waals surface area contributed by atoms with E-state index >= 15 is 0 Å². The summed E-state index contributed by atoms with van der Waals surface area (Å²) < 4.78 is 81.3. The number of rotatable bonds is 10. The van der Waals surface area contributed by atoms with E-state index in [0.717, 1.165) is 12.1 Å². The Morgan fingerprint density at radius 2 is 1.76 bits per heavy atom. The fourth-order valence-corrected chi connectivity index (χ4v) is 4.21. The number of unbranched alkanes of at least 4 members (excludes halogenated alkanes) is 2. The van der Waals surface area contributed by atoms with Gasteiger partial charge in [0.1, 0.15) is 19.8 Å². The van der Waals surface area contributed by atoms with Gasteiger partial charge >= 0.3 is 12.1 Å². The number of halogens is 3. The third kappa shape index (κ3) is 7.36. The van der Waals surface area contributed by atoms with Gasteiger partial charge in [-0.3, -0.25) is 4.79 Å². The van der Waals surface area contributed by atoms with E-state index in [2.05, 4.69) is 4.72 Å². The second-order valence-electron chi connectivity index (χ2n) is 7.37. The molecule has 1 N–H and O–H groups in total. The van der Waals surface area contributed by atoms with Gasteiger partial charge in [0.05, 0.1) is 10.5 Å². The van der Waals surface area contributed by atoms with Crippen molar-refractivity contribution >= 4 is 16.0 Å². The molecule has 0 amide bonds. The third-order valence-corrected chi connectivity index (χ3v) is 6.29. The summed E-state index contributed by atoms with van der Waals surface area (Å²) in [7, 11) is -3.71. The van der Waals surface area contributed by atoms with Crippen LogP contribution >= 0.6 is 0 Å². The molecule has 1 aliphatic heterocycles. The molecule has 1 aliphatic rings. The van der Waals surface area contributed by atoms with Crippen LogP contribution in [0, 0.1) is 0 Å². The monoisotopic (exact) mass is 487 g/mol. The Bertz CT molecular complexity index is 1070. The standard InChI is InChI=1S/C22H24F3NO6S/c23-22(24,25)17-6-4-5-16(13-17)15-32-21(27)7-2-1-3-10-26-33(28,29)18-8-9-19-20(14-18)31-12-11-30-19/h4-6,8-9,13-14,26H,1-3,7,10-12,15H2. The third-order valence-electron chi connectivity index (χ3n) is 4.83. The van der Waals surface area contributed by atoms with Gasteiger partial charge in [0, 0.05) is 19.0 Å². The van der Waals surface area contributed by atoms with Crippen molar-refractivity contribution in [3.8, 4) is 11.5 Å². The summed E-state index contributed by atoms with van der Waals surface area (Å²) >= 11 is 0. The Labute approximate surface area is 189 Å². The van der Waals surface area contributed by atoms with Crippen molar-refractivity contribution in [1.29, 1.82) is 0 Å². The lowest BCUT2D eigenvalue weighted by atomic mass is 10.1. The average Bonchev–Trinajstić information content (AvgIpc) is 2.79. The van der Waals surface area contributed by atoms with Crippen molar-refractivity contribution in [2.24, 2.45) is 0 Å². The van der Waals surface area contributed by atoms with Crippen LogP contribution in [0.25, 0.3) is 0 Å². The number of carbonyl (C=O) groups excluding carboxylic acids is 1. The van der Waals surface area contributed by atoms with Crippen LogP contribution < -0.4 is 14.2 Å². The zero-order valence-corrected chi connectivity index (χ0v) is 18.5. The van der Waals surface area contributed by atoms with E-state index in [-0.39, 0.29) is 30.0 Å². The molecule has 3 rings (SSSR count). The first-order chi connectivity index (χ1) is 15.6. The minimum absolute atomic E-state index is 0.0740. The number of carbonyl (C=O) groups is 1. The van der Waals surface area contributed by atoms with E-state index in [1.807, 2.05) is 0 Å². The van der Waals surface area contributed by atoms with Crippen LogP contribution in [0.1, 0.15) is 36.8 Å². The second kappa shape index (κ2) is 10.9. The summed E-state index contributed by atoms with van der Waals surface area (Å²) in [6.07, 6.45) is -2.82. The topological polar surface area (TPSA) is 90.9 Å². The minimum Gasteiger partial charge on any atom is -0.486 e. The molecule has 0 bridgehead atoms. The van der Waals surface area contributed by atoms with Crippen LogP contribution in [0.5, 0.6) is 11.5 Å². The smallest absolute Gasteiger partial charge is 0.416 e. The van der Waals surface area contributed by atoms with Gasteiger partial charge in [-0.2, -0.15) is 13.2 Å². The van der Waals surface area contributed by atoms with Gasteiger partial charge in [-0.1, -0.05) is 18.6 Å². The first-order valence-corrected chi connectivity index (χ1v) is 11.8. The van der Waals surface area contributed by atoms with Crippen LogP contribution in [0.4, 0.5) is 13.2 Å². The van der Waals surface area contributed by atoms with E-state index < -0.39 is 27.7 Å². The zero-order valence-electron chi connectivity index (χ0n) is 17.7. The molecule has 0 aliphatic carbocycles. The van der Waals surface area contributed by atoms with Crippen molar-refractivity contribution in [2.45, 2.75) is 43.4 Å². The molecule has 2 aromatic rings. The zero-order chi connectivity index (χ0) is 23.9. The van der Waals surface area contributed by atoms with Gasteiger partial charge < -0.3 is 14.2 Å². The van der Waals surface area contributed by atoms with Crippen LogP contribution in [0.3, 0.4) is 0 Å². The number of sulfonamides is 1. The van der Waals surface area contributed by atoms with Gasteiger partial charge in [-0.05, 0) is 42.7 Å². The van der Waals surface area contributed by atoms with E-state index in [0.29, 0.717) is 44.0 Å². The van der Waals surface area contributed by atoms with Crippen molar-refractivity contribution in [2.75, 3.05) is 19.8 Å². The van der Waals surface area contributed by atoms with E-state index in [1.54, 1.807) is 6.07 Å². The lowest BCUT2D eigenvalue weighted by molar-refractivity contribution is -0.145. The molecular formula is C22H24F3NO6S. The summed E-state index contributed by atoms with van der Waals surface area (Å²) in [5.41, 5.74) is -0.540. The molecule has 0 saturated carbocycles. The Morgan fingerprint density at radius 3 is 2.52 bits per heavy atom. The quantitative estimate of drug-likeness (QED) is 0.402. The van der Waals surface area contributed by atoms with Crippen LogP contribution in [0.2, 0.25) is 0 Å². The van der Waals surface area contributed by atoms with Crippen molar-refractivity contribution < 1.29 is 40.6 Å². The molecule has 0 radical (unpaired) electrons. The van der Waals surface area contributed by atoms with Crippen molar-refractivity contribution in [3.05, 3.63) is 53.6 Å². The molecule has 1 heterocycles. The number of fused-ring (bicyclic) bond motifs is 1. The van der Waals surface area contributed by atoms with Crippen LogP contribution in [-0.2, 0) is 32.3 Å². The number of esters is 1. The molecule has 0 saturated heterocycles. The summed E-state index contributed by atoms with van der Waals surface area (Å²) in [4.78, 5) is 11.9. The molecule has 11 heteroatoms. The molecular weight excluding hydrogens is 463 g/mol. The van der Waals surface area contributed by atoms with Crippen molar-refractivity contribution in [1.82, 2.24) is 4.72 Å².